The summed E-state index contributed by atoms with van der Waals surface area (Å²) in [7, 11) is 1.36. The summed E-state index contributed by atoms with van der Waals surface area (Å²) < 4.78 is 18.5. The minimum absolute atomic E-state index is 0.00753. The summed E-state index contributed by atoms with van der Waals surface area (Å²) in [6, 6.07) is -0.00753. The molecule has 2 rings (SSSR count). The van der Waals surface area contributed by atoms with Gasteiger partial charge in [-0.1, -0.05) is 11.8 Å². The number of halogens is 1. The highest BCUT2D eigenvalue weighted by atomic mass is 32.2. The van der Waals surface area contributed by atoms with Crippen LogP contribution >= 0.6 is 11.8 Å². The SMILES string of the molecule is COc1ncc(F)c(N2CC(SC(C)=O)CC2=O)n1. The molecule has 102 valence electrons. The molecule has 0 aliphatic carbocycles. The molecule has 1 unspecified atom stereocenters. The molecule has 0 spiro atoms. The third-order valence-corrected chi connectivity index (χ3v) is 3.54. The molecular weight excluding hydrogens is 273 g/mol. The predicted molar refractivity (Wildman–Crippen MR) is 67.6 cm³/mol. The molecule has 0 bridgehead atoms. The van der Waals surface area contributed by atoms with Crippen LogP contribution in [0.2, 0.25) is 0 Å². The van der Waals surface area contributed by atoms with Gasteiger partial charge >= 0.3 is 6.01 Å². The van der Waals surface area contributed by atoms with Gasteiger partial charge in [-0.05, 0) is 0 Å². The van der Waals surface area contributed by atoms with E-state index in [-0.39, 0.29) is 41.1 Å². The molecule has 0 N–H and O–H groups in total. The first-order chi connectivity index (χ1) is 9.01. The number of hydrogen-bond acceptors (Lipinski definition) is 6. The smallest absolute Gasteiger partial charge is 0.318 e. The largest absolute Gasteiger partial charge is 0.467 e. The molecule has 6 nitrogen and oxygen atoms in total. The Kier molecular flexibility index (Phi) is 3.98. The zero-order valence-electron chi connectivity index (χ0n) is 10.4. The van der Waals surface area contributed by atoms with Crippen LogP contribution in [0.3, 0.4) is 0 Å². The molecule has 1 amide bonds. The Labute approximate surface area is 113 Å². The standard InChI is InChI=1S/C11H12FN3O3S/c1-6(16)19-7-3-9(17)15(5-7)10-8(12)4-13-11(14-10)18-2/h4,7H,3,5H2,1-2H3. The van der Waals surface area contributed by atoms with Crippen molar-refractivity contribution in [2.75, 3.05) is 18.6 Å². The summed E-state index contributed by atoms with van der Waals surface area (Å²) in [5.74, 6) is -1.07. The molecule has 1 fully saturated rings. The Morgan fingerprint density at radius 2 is 2.37 bits per heavy atom. The number of ether oxygens (including phenoxy) is 1. The molecule has 19 heavy (non-hydrogen) atoms. The molecule has 1 aromatic heterocycles. The van der Waals surface area contributed by atoms with Crippen molar-refractivity contribution >= 4 is 28.6 Å². The number of hydrogen-bond donors (Lipinski definition) is 0. The van der Waals surface area contributed by atoms with Crippen LogP contribution in [-0.4, -0.2) is 39.9 Å². The van der Waals surface area contributed by atoms with Gasteiger partial charge in [0.05, 0.1) is 13.3 Å². The summed E-state index contributed by atoms with van der Waals surface area (Å²) in [4.78, 5) is 31.6. The Bertz CT molecular complexity index is 526. The van der Waals surface area contributed by atoms with Crippen LogP contribution < -0.4 is 9.64 Å². The minimum atomic E-state index is -0.692. The van der Waals surface area contributed by atoms with E-state index < -0.39 is 5.82 Å². The number of anilines is 1. The zero-order chi connectivity index (χ0) is 14.0. The van der Waals surface area contributed by atoms with E-state index in [1.165, 1.54) is 18.9 Å². The molecule has 8 heteroatoms. The number of thioether (sulfide) groups is 1. The van der Waals surface area contributed by atoms with Gasteiger partial charge in [0.2, 0.25) is 5.91 Å². The second-order valence-corrected chi connectivity index (χ2v) is 5.45. The Morgan fingerprint density at radius 1 is 1.63 bits per heavy atom. The van der Waals surface area contributed by atoms with Crippen LogP contribution in [0.25, 0.3) is 0 Å². The van der Waals surface area contributed by atoms with Crippen molar-refractivity contribution in [1.29, 1.82) is 0 Å². The lowest BCUT2D eigenvalue weighted by molar-refractivity contribution is -0.117. The molecule has 0 saturated carbocycles. The third kappa shape index (κ3) is 3.01. The van der Waals surface area contributed by atoms with E-state index in [0.717, 1.165) is 18.0 Å². The van der Waals surface area contributed by atoms with Gasteiger partial charge in [-0.25, -0.2) is 9.37 Å². The highest BCUT2D eigenvalue weighted by molar-refractivity contribution is 8.14. The minimum Gasteiger partial charge on any atom is -0.467 e. The lowest BCUT2D eigenvalue weighted by atomic mass is 10.4. The fraction of sp³-hybridized carbons (Fsp3) is 0.455. The average molecular weight is 285 g/mol. The Morgan fingerprint density at radius 3 is 3.00 bits per heavy atom. The predicted octanol–water partition coefficient (Wildman–Crippen LogP) is 1.01. The van der Waals surface area contributed by atoms with Gasteiger partial charge in [0.1, 0.15) is 0 Å². The molecule has 1 aliphatic heterocycles. The zero-order valence-corrected chi connectivity index (χ0v) is 11.2. The van der Waals surface area contributed by atoms with E-state index in [1.54, 1.807) is 0 Å². The number of nitrogens with zero attached hydrogens (tertiary/aromatic N) is 3. The maximum atomic E-state index is 13.7. The van der Waals surface area contributed by atoms with Crippen molar-refractivity contribution < 1.29 is 18.7 Å². The lowest BCUT2D eigenvalue weighted by Gasteiger charge is -2.16. The van der Waals surface area contributed by atoms with Gasteiger partial charge in [0, 0.05) is 25.1 Å². The summed E-state index contributed by atoms with van der Waals surface area (Å²) in [5.41, 5.74) is 0. The Balaban J connectivity index is 2.22. The number of rotatable bonds is 3. The van der Waals surface area contributed by atoms with Gasteiger partial charge in [-0.2, -0.15) is 4.98 Å². The molecule has 0 radical (unpaired) electrons. The molecule has 0 aromatic carbocycles. The van der Waals surface area contributed by atoms with Gasteiger partial charge in [-0.15, -0.1) is 0 Å². The second kappa shape index (κ2) is 5.52. The van der Waals surface area contributed by atoms with E-state index in [0.29, 0.717) is 0 Å². The average Bonchev–Trinajstić information content (AvgIpc) is 2.70. The number of aromatic nitrogens is 2. The van der Waals surface area contributed by atoms with Crippen molar-refractivity contribution in [1.82, 2.24) is 9.97 Å². The van der Waals surface area contributed by atoms with Crippen LogP contribution in [0.5, 0.6) is 6.01 Å². The summed E-state index contributed by atoms with van der Waals surface area (Å²) in [6.45, 7) is 1.69. The van der Waals surface area contributed by atoms with E-state index in [2.05, 4.69) is 9.97 Å². The molecule has 1 saturated heterocycles. The molecular formula is C11H12FN3O3S. The van der Waals surface area contributed by atoms with Gasteiger partial charge < -0.3 is 4.74 Å². The van der Waals surface area contributed by atoms with Crippen LogP contribution in [-0.2, 0) is 9.59 Å². The van der Waals surface area contributed by atoms with Crippen molar-refractivity contribution in [2.45, 2.75) is 18.6 Å². The number of carbonyl (C=O) groups excluding carboxylic acids is 2. The first-order valence-electron chi connectivity index (χ1n) is 5.55. The quantitative estimate of drug-likeness (QED) is 0.825. The van der Waals surface area contributed by atoms with E-state index >= 15 is 0 Å². The Hall–Kier alpha value is -1.70. The van der Waals surface area contributed by atoms with Gasteiger partial charge in [0.15, 0.2) is 16.8 Å². The van der Waals surface area contributed by atoms with Crippen LogP contribution in [0, 0.1) is 5.82 Å². The molecule has 1 atom stereocenters. The summed E-state index contributed by atoms with van der Waals surface area (Å²) in [5, 5.41) is -0.245. The van der Waals surface area contributed by atoms with Crippen LogP contribution in [0.4, 0.5) is 10.2 Å². The summed E-state index contributed by atoms with van der Waals surface area (Å²) in [6.07, 6.45) is 1.15. The van der Waals surface area contributed by atoms with E-state index in [4.69, 9.17) is 4.74 Å². The summed E-state index contributed by atoms with van der Waals surface area (Å²) >= 11 is 1.08. The van der Waals surface area contributed by atoms with E-state index in [9.17, 15) is 14.0 Å². The normalized spacial score (nSPS) is 18.8. The van der Waals surface area contributed by atoms with Gasteiger partial charge in [-0.3, -0.25) is 14.5 Å². The third-order valence-electron chi connectivity index (χ3n) is 2.56. The highest BCUT2D eigenvalue weighted by Gasteiger charge is 2.34. The fourth-order valence-corrected chi connectivity index (χ4v) is 2.74. The molecule has 1 aromatic rings. The topological polar surface area (TPSA) is 72.4 Å². The second-order valence-electron chi connectivity index (χ2n) is 3.97. The number of methoxy groups -OCH3 is 1. The molecule has 1 aliphatic rings. The highest BCUT2D eigenvalue weighted by Crippen LogP contribution is 2.29. The van der Waals surface area contributed by atoms with Crippen molar-refractivity contribution in [3.05, 3.63) is 12.0 Å². The molecule has 2 heterocycles. The van der Waals surface area contributed by atoms with Gasteiger partial charge in [0.25, 0.3) is 0 Å². The monoisotopic (exact) mass is 285 g/mol. The lowest BCUT2D eigenvalue weighted by Crippen LogP contribution is -2.27. The van der Waals surface area contributed by atoms with Crippen LogP contribution in [0.1, 0.15) is 13.3 Å². The van der Waals surface area contributed by atoms with Crippen molar-refractivity contribution in [2.24, 2.45) is 0 Å². The van der Waals surface area contributed by atoms with Crippen LogP contribution in [0.15, 0.2) is 6.20 Å². The first kappa shape index (κ1) is 13.7. The van der Waals surface area contributed by atoms with Crippen molar-refractivity contribution in [3.63, 3.8) is 0 Å². The fourth-order valence-electron chi connectivity index (χ4n) is 1.82. The number of carbonyl (C=O) groups is 2. The number of amides is 1. The first-order valence-corrected chi connectivity index (χ1v) is 6.43. The van der Waals surface area contributed by atoms with Crippen molar-refractivity contribution in [3.8, 4) is 6.01 Å². The van der Waals surface area contributed by atoms with E-state index in [1.807, 2.05) is 0 Å². The maximum absolute atomic E-state index is 13.7. The maximum Gasteiger partial charge on any atom is 0.318 e.